The van der Waals surface area contributed by atoms with Gasteiger partial charge in [-0.15, -0.1) is 0 Å². The number of ether oxygens (including phenoxy) is 2. The predicted octanol–water partition coefficient (Wildman–Crippen LogP) is 6.25. The molecule has 0 spiro atoms. The molecular weight excluding hydrogens is 461 g/mol. The van der Waals surface area contributed by atoms with Crippen LogP contribution >= 0.6 is 22.6 Å². The van der Waals surface area contributed by atoms with Gasteiger partial charge in [-0.3, -0.25) is 0 Å². The number of halogens is 1. The number of rotatable bonds is 6. The fraction of sp³-hybridized carbons (Fsp3) is 0.125. The predicted molar refractivity (Wildman–Crippen MR) is 121 cm³/mol. The number of benzene rings is 3. The van der Waals surface area contributed by atoms with Gasteiger partial charge in [-0.05, 0) is 64.4 Å². The number of nitrogens with zero attached hydrogens (tertiary/aromatic N) is 1. The van der Waals surface area contributed by atoms with E-state index in [2.05, 4.69) is 28.7 Å². The van der Waals surface area contributed by atoms with Crippen molar-refractivity contribution in [3.05, 3.63) is 92.6 Å². The van der Waals surface area contributed by atoms with Gasteiger partial charge in [0.2, 0.25) is 0 Å². The summed E-state index contributed by atoms with van der Waals surface area (Å²) in [7, 11) is 1.62. The molecular formula is C24H20INO2. The first-order valence-electron chi connectivity index (χ1n) is 8.84. The summed E-state index contributed by atoms with van der Waals surface area (Å²) in [5.41, 5.74) is 4.65. The normalized spacial score (nSPS) is 11.0. The summed E-state index contributed by atoms with van der Waals surface area (Å²) >= 11 is 2.24. The maximum atomic E-state index is 9.59. The quantitative estimate of drug-likeness (QED) is 0.238. The van der Waals surface area contributed by atoms with Gasteiger partial charge >= 0.3 is 0 Å². The molecule has 0 bridgehead atoms. The van der Waals surface area contributed by atoms with E-state index in [0.717, 1.165) is 25.8 Å². The first-order valence-corrected chi connectivity index (χ1v) is 9.91. The first kappa shape index (κ1) is 20.0. The average molecular weight is 481 g/mol. The smallest absolute Gasteiger partial charge is 0.174 e. The van der Waals surface area contributed by atoms with Crippen LogP contribution in [0.1, 0.15) is 22.3 Å². The standard InChI is InChI=1S/C24H20INO2/c1-17-8-10-20(11-9-17)21(15-26)12-19-13-22(25)24(23(14-19)27-2)28-16-18-6-4-3-5-7-18/h3-14H,16H2,1-2H3/b21-12+. The number of hydrogen-bond acceptors (Lipinski definition) is 3. The van der Waals surface area contributed by atoms with Crippen LogP contribution in [0.3, 0.4) is 0 Å². The summed E-state index contributed by atoms with van der Waals surface area (Å²) < 4.78 is 12.5. The number of aryl methyl sites for hydroxylation is 1. The van der Waals surface area contributed by atoms with E-state index in [1.807, 2.05) is 79.7 Å². The number of allylic oxidation sites excluding steroid dienone is 1. The number of methoxy groups -OCH3 is 1. The van der Waals surface area contributed by atoms with Gasteiger partial charge in [0.15, 0.2) is 11.5 Å². The SMILES string of the molecule is COc1cc(/C=C(\C#N)c2ccc(C)cc2)cc(I)c1OCc1ccccc1. The Balaban J connectivity index is 1.89. The van der Waals surface area contributed by atoms with Crippen molar-refractivity contribution < 1.29 is 9.47 Å². The third-order valence-electron chi connectivity index (χ3n) is 4.27. The van der Waals surface area contributed by atoms with E-state index in [4.69, 9.17) is 9.47 Å². The van der Waals surface area contributed by atoms with Crippen molar-refractivity contribution in [1.29, 1.82) is 5.26 Å². The Hall–Kier alpha value is -2.78. The summed E-state index contributed by atoms with van der Waals surface area (Å²) in [5, 5.41) is 9.59. The molecule has 0 aliphatic carbocycles. The fourth-order valence-electron chi connectivity index (χ4n) is 2.77. The van der Waals surface area contributed by atoms with Crippen LogP contribution < -0.4 is 9.47 Å². The van der Waals surface area contributed by atoms with Gasteiger partial charge in [0, 0.05) is 0 Å². The van der Waals surface area contributed by atoms with Gasteiger partial charge in [0.1, 0.15) is 6.61 Å². The topological polar surface area (TPSA) is 42.2 Å². The minimum absolute atomic E-state index is 0.467. The van der Waals surface area contributed by atoms with Crippen LogP contribution in [0.2, 0.25) is 0 Å². The summed E-state index contributed by atoms with van der Waals surface area (Å²) in [6.45, 7) is 2.50. The Morgan fingerprint density at radius 3 is 2.43 bits per heavy atom. The van der Waals surface area contributed by atoms with Gasteiger partial charge in [-0.2, -0.15) is 5.26 Å². The molecule has 0 amide bonds. The zero-order valence-corrected chi connectivity index (χ0v) is 17.9. The maximum absolute atomic E-state index is 9.59. The van der Waals surface area contributed by atoms with Crippen molar-refractivity contribution in [1.82, 2.24) is 0 Å². The summed E-state index contributed by atoms with van der Waals surface area (Å²) in [6.07, 6.45) is 1.87. The zero-order valence-electron chi connectivity index (χ0n) is 15.8. The second kappa shape index (κ2) is 9.43. The molecule has 4 heteroatoms. The number of nitriles is 1. The van der Waals surface area contributed by atoms with Crippen molar-refractivity contribution in [2.75, 3.05) is 7.11 Å². The summed E-state index contributed by atoms with van der Waals surface area (Å²) in [6, 6.07) is 24.1. The molecule has 0 heterocycles. The summed E-state index contributed by atoms with van der Waals surface area (Å²) in [5.74, 6) is 1.35. The molecule has 0 unspecified atom stereocenters. The minimum Gasteiger partial charge on any atom is -0.493 e. The Labute approximate surface area is 179 Å². The van der Waals surface area contributed by atoms with Gasteiger partial charge in [0.25, 0.3) is 0 Å². The van der Waals surface area contributed by atoms with Crippen molar-refractivity contribution >= 4 is 34.2 Å². The van der Waals surface area contributed by atoms with Crippen molar-refractivity contribution in [3.63, 3.8) is 0 Å². The molecule has 0 saturated carbocycles. The molecule has 3 aromatic carbocycles. The molecule has 0 aromatic heterocycles. The van der Waals surface area contributed by atoms with E-state index in [0.29, 0.717) is 23.7 Å². The van der Waals surface area contributed by atoms with E-state index in [1.54, 1.807) is 7.11 Å². The molecule has 3 aromatic rings. The highest BCUT2D eigenvalue weighted by Crippen LogP contribution is 2.35. The van der Waals surface area contributed by atoms with Crippen LogP contribution in [0, 0.1) is 21.8 Å². The Morgan fingerprint density at radius 2 is 1.79 bits per heavy atom. The lowest BCUT2D eigenvalue weighted by atomic mass is 10.0. The largest absolute Gasteiger partial charge is 0.493 e. The highest BCUT2D eigenvalue weighted by atomic mass is 127. The molecule has 28 heavy (non-hydrogen) atoms. The Bertz CT molecular complexity index is 1020. The number of hydrogen-bond donors (Lipinski definition) is 0. The van der Waals surface area contributed by atoms with Crippen LogP contribution in [-0.2, 0) is 6.61 Å². The van der Waals surface area contributed by atoms with E-state index >= 15 is 0 Å². The maximum Gasteiger partial charge on any atom is 0.174 e. The molecule has 0 N–H and O–H groups in total. The van der Waals surface area contributed by atoms with Crippen molar-refractivity contribution in [3.8, 4) is 17.6 Å². The Morgan fingerprint density at radius 1 is 1.07 bits per heavy atom. The van der Waals surface area contributed by atoms with Gasteiger partial charge in [-0.1, -0.05) is 60.2 Å². The van der Waals surface area contributed by atoms with E-state index in [1.165, 1.54) is 0 Å². The van der Waals surface area contributed by atoms with Crippen LogP contribution in [0.15, 0.2) is 66.7 Å². The first-order chi connectivity index (χ1) is 13.6. The molecule has 3 nitrogen and oxygen atoms in total. The minimum atomic E-state index is 0.467. The molecule has 0 radical (unpaired) electrons. The van der Waals surface area contributed by atoms with Crippen LogP contribution in [0.4, 0.5) is 0 Å². The monoisotopic (exact) mass is 481 g/mol. The lowest BCUT2D eigenvalue weighted by Crippen LogP contribution is -2.00. The molecule has 3 rings (SSSR count). The van der Waals surface area contributed by atoms with E-state index in [-0.39, 0.29) is 0 Å². The average Bonchev–Trinajstić information content (AvgIpc) is 2.72. The molecule has 0 aliphatic heterocycles. The third kappa shape index (κ3) is 4.93. The Kier molecular flexibility index (Phi) is 6.72. The second-order valence-corrected chi connectivity index (χ2v) is 7.51. The summed E-state index contributed by atoms with van der Waals surface area (Å²) in [4.78, 5) is 0. The van der Waals surface area contributed by atoms with Gasteiger partial charge in [-0.25, -0.2) is 0 Å². The zero-order chi connectivity index (χ0) is 19.9. The van der Waals surface area contributed by atoms with E-state index < -0.39 is 0 Å². The molecule has 140 valence electrons. The molecule has 0 aliphatic rings. The van der Waals surface area contributed by atoms with Gasteiger partial charge in [0.05, 0.1) is 22.3 Å². The van der Waals surface area contributed by atoms with Crippen molar-refractivity contribution in [2.45, 2.75) is 13.5 Å². The van der Waals surface area contributed by atoms with Crippen LogP contribution in [0.25, 0.3) is 11.6 Å². The highest BCUT2D eigenvalue weighted by Gasteiger charge is 2.12. The van der Waals surface area contributed by atoms with Crippen LogP contribution in [-0.4, -0.2) is 7.11 Å². The molecule has 0 saturated heterocycles. The lowest BCUT2D eigenvalue weighted by molar-refractivity contribution is 0.282. The fourth-order valence-corrected chi connectivity index (χ4v) is 3.55. The van der Waals surface area contributed by atoms with Crippen LogP contribution in [0.5, 0.6) is 11.5 Å². The second-order valence-electron chi connectivity index (χ2n) is 6.34. The van der Waals surface area contributed by atoms with E-state index in [9.17, 15) is 5.26 Å². The molecule has 0 atom stereocenters. The van der Waals surface area contributed by atoms with Crippen molar-refractivity contribution in [2.24, 2.45) is 0 Å². The lowest BCUT2D eigenvalue weighted by Gasteiger charge is -2.14. The third-order valence-corrected chi connectivity index (χ3v) is 5.07. The molecule has 0 fully saturated rings. The van der Waals surface area contributed by atoms with Gasteiger partial charge < -0.3 is 9.47 Å². The highest BCUT2D eigenvalue weighted by molar-refractivity contribution is 14.1.